The number of aliphatic hydroxyl groups is 1. The van der Waals surface area contributed by atoms with Crippen LogP contribution < -0.4 is 0 Å². The van der Waals surface area contributed by atoms with E-state index in [2.05, 4.69) is 4.90 Å². The lowest BCUT2D eigenvalue weighted by molar-refractivity contribution is 0.225. The van der Waals surface area contributed by atoms with Crippen molar-refractivity contribution in [3.05, 3.63) is 29.8 Å². The molecule has 1 fully saturated rings. The Labute approximate surface area is 127 Å². The lowest BCUT2D eigenvalue weighted by Gasteiger charge is -2.32. The van der Waals surface area contributed by atoms with Crippen LogP contribution in [0.3, 0.4) is 0 Å². The van der Waals surface area contributed by atoms with Gasteiger partial charge in [0.25, 0.3) is 0 Å². The van der Waals surface area contributed by atoms with E-state index >= 15 is 0 Å². The SMILES string of the molecule is CN(C)CC1CCN(S(=O)(=O)c2ccc(CO)cc2)CC1. The van der Waals surface area contributed by atoms with Gasteiger partial charge in [-0.1, -0.05) is 12.1 Å². The first-order valence-electron chi connectivity index (χ1n) is 7.28. The van der Waals surface area contributed by atoms with Crippen molar-refractivity contribution in [2.24, 2.45) is 5.92 Å². The minimum Gasteiger partial charge on any atom is -0.392 e. The van der Waals surface area contributed by atoms with Crippen LogP contribution >= 0.6 is 0 Å². The monoisotopic (exact) mass is 312 g/mol. The van der Waals surface area contributed by atoms with Crippen molar-refractivity contribution in [1.82, 2.24) is 9.21 Å². The highest BCUT2D eigenvalue weighted by atomic mass is 32.2. The Morgan fingerprint density at radius 2 is 1.76 bits per heavy atom. The first-order valence-corrected chi connectivity index (χ1v) is 8.72. The molecule has 0 radical (unpaired) electrons. The maximum Gasteiger partial charge on any atom is 0.243 e. The Bertz CT molecular complexity index is 547. The molecule has 0 aliphatic carbocycles. The summed E-state index contributed by atoms with van der Waals surface area (Å²) in [4.78, 5) is 2.47. The van der Waals surface area contributed by atoms with Gasteiger partial charge in [0.15, 0.2) is 0 Å². The topological polar surface area (TPSA) is 60.9 Å². The van der Waals surface area contributed by atoms with E-state index in [1.165, 1.54) is 0 Å². The number of piperidine rings is 1. The van der Waals surface area contributed by atoms with Crippen molar-refractivity contribution >= 4 is 10.0 Å². The van der Waals surface area contributed by atoms with Crippen LogP contribution in [-0.4, -0.2) is 56.5 Å². The van der Waals surface area contributed by atoms with E-state index < -0.39 is 10.0 Å². The zero-order valence-corrected chi connectivity index (χ0v) is 13.5. The molecule has 0 bridgehead atoms. The van der Waals surface area contributed by atoms with Gasteiger partial charge in [0.1, 0.15) is 0 Å². The standard InChI is InChI=1S/C15H24N2O3S/c1-16(2)11-13-7-9-17(10-8-13)21(19,20)15-5-3-14(12-18)4-6-15/h3-6,13,18H,7-12H2,1-2H3. The van der Waals surface area contributed by atoms with E-state index in [-0.39, 0.29) is 6.61 Å². The third kappa shape index (κ3) is 4.03. The van der Waals surface area contributed by atoms with Crippen LogP contribution in [0.15, 0.2) is 29.2 Å². The zero-order chi connectivity index (χ0) is 15.5. The van der Waals surface area contributed by atoms with Gasteiger partial charge in [0, 0.05) is 19.6 Å². The number of hydrogen-bond donors (Lipinski definition) is 1. The molecule has 1 saturated heterocycles. The summed E-state index contributed by atoms with van der Waals surface area (Å²) in [5.41, 5.74) is 0.721. The van der Waals surface area contributed by atoms with E-state index in [4.69, 9.17) is 5.11 Å². The molecule has 0 amide bonds. The molecule has 0 saturated carbocycles. The second kappa shape index (κ2) is 6.87. The minimum absolute atomic E-state index is 0.0732. The summed E-state index contributed by atoms with van der Waals surface area (Å²) in [6, 6.07) is 6.47. The fraction of sp³-hybridized carbons (Fsp3) is 0.600. The number of aliphatic hydroxyl groups excluding tert-OH is 1. The van der Waals surface area contributed by atoms with E-state index in [1.807, 2.05) is 14.1 Å². The number of rotatable bonds is 5. The van der Waals surface area contributed by atoms with Gasteiger partial charge in [0.05, 0.1) is 11.5 Å². The van der Waals surface area contributed by atoms with E-state index in [1.54, 1.807) is 28.6 Å². The van der Waals surface area contributed by atoms with E-state index in [0.29, 0.717) is 23.9 Å². The first-order chi connectivity index (χ1) is 9.93. The summed E-state index contributed by atoms with van der Waals surface area (Å²) < 4.78 is 26.7. The van der Waals surface area contributed by atoms with Crippen molar-refractivity contribution in [1.29, 1.82) is 0 Å². The van der Waals surface area contributed by atoms with Gasteiger partial charge >= 0.3 is 0 Å². The summed E-state index contributed by atoms with van der Waals surface area (Å²) in [5, 5.41) is 9.02. The molecule has 0 spiro atoms. The molecule has 1 aliphatic heterocycles. The van der Waals surface area contributed by atoms with Crippen LogP contribution in [0.5, 0.6) is 0 Å². The van der Waals surface area contributed by atoms with Crippen LogP contribution in [0, 0.1) is 5.92 Å². The van der Waals surface area contributed by atoms with Crippen molar-refractivity contribution < 1.29 is 13.5 Å². The summed E-state index contributed by atoms with van der Waals surface area (Å²) in [6.45, 7) is 2.11. The predicted octanol–water partition coefficient (Wildman–Crippen LogP) is 1.14. The molecule has 1 aromatic rings. The van der Waals surface area contributed by atoms with Gasteiger partial charge in [-0.2, -0.15) is 4.31 Å². The van der Waals surface area contributed by atoms with Gasteiger partial charge in [-0.05, 0) is 50.6 Å². The van der Waals surface area contributed by atoms with Crippen LogP contribution in [0.25, 0.3) is 0 Å². The summed E-state index contributed by atoms with van der Waals surface area (Å²) in [7, 11) is 0.694. The van der Waals surface area contributed by atoms with Crippen molar-refractivity contribution in [3.8, 4) is 0 Å². The maximum absolute atomic E-state index is 12.6. The highest BCUT2D eigenvalue weighted by Gasteiger charge is 2.29. The van der Waals surface area contributed by atoms with E-state index in [9.17, 15) is 8.42 Å². The normalized spacial score (nSPS) is 18.3. The Balaban J connectivity index is 2.03. The van der Waals surface area contributed by atoms with Gasteiger partial charge in [-0.15, -0.1) is 0 Å². The molecular formula is C15H24N2O3S. The summed E-state index contributed by atoms with van der Waals surface area (Å²) in [5.74, 6) is 0.572. The number of nitrogens with zero attached hydrogens (tertiary/aromatic N) is 2. The Kier molecular flexibility index (Phi) is 5.37. The molecular weight excluding hydrogens is 288 g/mol. The van der Waals surface area contributed by atoms with Gasteiger partial charge in [0.2, 0.25) is 10.0 Å². The zero-order valence-electron chi connectivity index (χ0n) is 12.7. The quantitative estimate of drug-likeness (QED) is 0.886. The highest BCUT2D eigenvalue weighted by Crippen LogP contribution is 2.24. The van der Waals surface area contributed by atoms with Gasteiger partial charge < -0.3 is 10.0 Å². The molecule has 5 nitrogen and oxygen atoms in total. The summed E-state index contributed by atoms with van der Waals surface area (Å²) >= 11 is 0. The van der Waals surface area contributed by atoms with Crippen molar-refractivity contribution in [3.63, 3.8) is 0 Å². The Hall–Kier alpha value is -0.950. The lowest BCUT2D eigenvalue weighted by atomic mass is 9.98. The summed E-state index contributed by atoms with van der Waals surface area (Å²) in [6.07, 6.45) is 1.82. The highest BCUT2D eigenvalue weighted by molar-refractivity contribution is 7.89. The van der Waals surface area contributed by atoms with Crippen LogP contribution in [-0.2, 0) is 16.6 Å². The second-order valence-electron chi connectivity index (χ2n) is 5.91. The fourth-order valence-corrected chi connectivity index (χ4v) is 4.23. The average molecular weight is 312 g/mol. The van der Waals surface area contributed by atoms with Crippen LogP contribution in [0.2, 0.25) is 0 Å². The lowest BCUT2D eigenvalue weighted by Crippen LogP contribution is -2.40. The molecule has 1 aliphatic rings. The molecule has 0 atom stereocenters. The first kappa shape index (κ1) is 16.4. The molecule has 0 aromatic heterocycles. The predicted molar refractivity (Wildman–Crippen MR) is 82.4 cm³/mol. The Morgan fingerprint density at radius 1 is 1.19 bits per heavy atom. The smallest absolute Gasteiger partial charge is 0.243 e. The van der Waals surface area contributed by atoms with Crippen LogP contribution in [0.1, 0.15) is 18.4 Å². The molecule has 1 N–H and O–H groups in total. The van der Waals surface area contributed by atoms with Crippen molar-refractivity contribution in [2.75, 3.05) is 33.7 Å². The number of hydrogen-bond acceptors (Lipinski definition) is 4. The Morgan fingerprint density at radius 3 is 2.24 bits per heavy atom. The molecule has 21 heavy (non-hydrogen) atoms. The third-order valence-electron chi connectivity index (χ3n) is 3.94. The largest absolute Gasteiger partial charge is 0.392 e. The van der Waals surface area contributed by atoms with Gasteiger partial charge in [-0.25, -0.2) is 8.42 Å². The molecule has 1 aromatic carbocycles. The average Bonchev–Trinajstić information content (AvgIpc) is 2.47. The second-order valence-corrected chi connectivity index (χ2v) is 7.85. The molecule has 118 valence electrons. The van der Waals surface area contributed by atoms with Crippen molar-refractivity contribution in [2.45, 2.75) is 24.3 Å². The fourth-order valence-electron chi connectivity index (χ4n) is 2.76. The molecule has 6 heteroatoms. The van der Waals surface area contributed by atoms with Crippen LogP contribution in [0.4, 0.5) is 0 Å². The minimum atomic E-state index is -3.40. The third-order valence-corrected chi connectivity index (χ3v) is 5.85. The number of sulfonamides is 1. The molecule has 0 unspecified atom stereocenters. The maximum atomic E-state index is 12.6. The van der Waals surface area contributed by atoms with Gasteiger partial charge in [-0.3, -0.25) is 0 Å². The number of benzene rings is 1. The molecule has 1 heterocycles. The van der Waals surface area contributed by atoms with E-state index in [0.717, 1.165) is 24.9 Å². The molecule has 2 rings (SSSR count).